The fourth-order valence-electron chi connectivity index (χ4n) is 1.95. The summed E-state index contributed by atoms with van der Waals surface area (Å²) in [6, 6.07) is 4.01. The van der Waals surface area contributed by atoms with Crippen molar-refractivity contribution in [2.45, 2.75) is 45.6 Å². The molecule has 0 amide bonds. The molecule has 0 heterocycles. The Morgan fingerprint density at radius 2 is 1.94 bits per heavy atom. The lowest BCUT2D eigenvalue weighted by Gasteiger charge is -2.25. The first kappa shape index (κ1) is 14.3. The fraction of sp³-hybridized carbons (Fsp3) is 0.571. The van der Waals surface area contributed by atoms with Crippen molar-refractivity contribution in [3.63, 3.8) is 0 Å². The molecule has 0 aliphatic heterocycles. The molecule has 2 nitrogen and oxygen atoms in total. The standard InChI is InChI=1S/C14H22ClNO/c1-9(16)6-10-7-11(15)8-12(13(10)17-5)14(2,3)4/h7-9H,6,16H2,1-5H3. The van der Waals surface area contributed by atoms with Crippen LogP contribution >= 0.6 is 11.6 Å². The van der Waals surface area contributed by atoms with Crippen molar-refractivity contribution in [1.82, 2.24) is 0 Å². The zero-order valence-electron chi connectivity index (χ0n) is 11.3. The maximum Gasteiger partial charge on any atom is 0.125 e. The number of ether oxygens (including phenoxy) is 1. The van der Waals surface area contributed by atoms with Gasteiger partial charge in [0.2, 0.25) is 0 Å². The van der Waals surface area contributed by atoms with E-state index in [1.54, 1.807) is 7.11 Å². The minimum atomic E-state index is 0.00281. The Kier molecular flexibility index (Phi) is 4.45. The largest absolute Gasteiger partial charge is 0.496 e. The monoisotopic (exact) mass is 255 g/mol. The number of hydrogen-bond acceptors (Lipinski definition) is 2. The molecule has 1 aromatic carbocycles. The van der Waals surface area contributed by atoms with E-state index in [9.17, 15) is 0 Å². The molecule has 0 fully saturated rings. The molecule has 0 aromatic heterocycles. The Hall–Kier alpha value is -0.730. The van der Waals surface area contributed by atoms with E-state index in [-0.39, 0.29) is 11.5 Å². The summed E-state index contributed by atoms with van der Waals surface area (Å²) in [5.74, 6) is 0.916. The Balaban J connectivity index is 3.35. The highest BCUT2D eigenvalue weighted by Crippen LogP contribution is 2.36. The third kappa shape index (κ3) is 3.62. The van der Waals surface area contributed by atoms with Gasteiger partial charge in [-0.1, -0.05) is 32.4 Å². The van der Waals surface area contributed by atoms with E-state index in [0.29, 0.717) is 0 Å². The summed E-state index contributed by atoms with van der Waals surface area (Å²) in [7, 11) is 1.70. The molecule has 1 rings (SSSR count). The SMILES string of the molecule is COc1c(CC(C)N)cc(Cl)cc1C(C)(C)C. The maximum atomic E-state index is 6.17. The summed E-state index contributed by atoms with van der Waals surface area (Å²) in [6.07, 6.45) is 0.771. The summed E-state index contributed by atoms with van der Waals surface area (Å²) in [5.41, 5.74) is 8.07. The van der Waals surface area contributed by atoms with E-state index >= 15 is 0 Å². The van der Waals surface area contributed by atoms with E-state index < -0.39 is 0 Å². The molecule has 1 atom stereocenters. The molecule has 0 radical (unpaired) electrons. The van der Waals surface area contributed by atoms with Gasteiger partial charge in [0.15, 0.2) is 0 Å². The Morgan fingerprint density at radius 3 is 2.35 bits per heavy atom. The van der Waals surface area contributed by atoms with Crippen molar-refractivity contribution >= 4 is 11.6 Å². The number of methoxy groups -OCH3 is 1. The summed E-state index contributed by atoms with van der Waals surface area (Å²) in [4.78, 5) is 0. The second-order valence-corrected chi connectivity index (χ2v) is 6.01. The first-order valence-electron chi connectivity index (χ1n) is 5.88. The lowest BCUT2D eigenvalue weighted by molar-refractivity contribution is 0.391. The highest BCUT2D eigenvalue weighted by Gasteiger charge is 2.22. The van der Waals surface area contributed by atoms with Gasteiger partial charge in [0.25, 0.3) is 0 Å². The van der Waals surface area contributed by atoms with Gasteiger partial charge in [0, 0.05) is 16.6 Å². The quantitative estimate of drug-likeness (QED) is 0.897. The lowest BCUT2D eigenvalue weighted by Crippen LogP contribution is -2.20. The zero-order chi connectivity index (χ0) is 13.2. The fourth-order valence-corrected chi connectivity index (χ4v) is 2.19. The number of hydrogen-bond donors (Lipinski definition) is 1. The van der Waals surface area contributed by atoms with Gasteiger partial charge in [-0.15, -0.1) is 0 Å². The van der Waals surface area contributed by atoms with Gasteiger partial charge in [-0.05, 0) is 36.5 Å². The average molecular weight is 256 g/mol. The number of rotatable bonds is 3. The predicted octanol–water partition coefficient (Wildman–Crippen LogP) is 3.54. The van der Waals surface area contributed by atoms with Gasteiger partial charge in [0.1, 0.15) is 5.75 Å². The van der Waals surface area contributed by atoms with Crippen LogP contribution in [0.2, 0.25) is 5.02 Å². The zero-order valence-corrected chi connectivity index (χ0v) is 12.1. The van der Waals surface area contributed by atoms with Crippen molar-refractivity contribution in [1.29, 1.82) is 0 Å². The predicted molar refractivity (Wildman–Crippen MR) is 74.1 cm³/mol. The molecular formula is C14H22ClNO. The van der Waals surface area contributed by atoms with E-state index in [1.807, 2.05) is 19.1 Å². The van der Waals surface area contributed by atoms with Gasteiger partial charge in [0.05, 0.1) is 7.11 Å². The molecule has 1 aromatic rings. The molecule has 0 saturated heterocycles. The van der Waals surface area contributed by atoms with Gasteiger partial charge >= 0.3 is 0 Å². The second kappa shape index (κ2) is 5.28. The third-order valence-corrected chi connectivity index (χ3v) is 2.90. The second-order valence-electron chi connectivity index (χ2n) is 5.58. The molecule has 17 heavy (non-hydrogen) atoms. The normalized spacial score (nSPS) is 13.6. The van der Waals surface area contributed by atoms with Crippen LogP contribution in [0, 0.1) is 0 Å². The molecule has 3 heteroatoms. The number of halogens is 1. The molecule has 1 unspecified atom stereocenters. The molecule has 0 saturated carbocycles. The molecule has 0 spiro atoms. The smallest absolute Gasteiger partial charge is 0.125 e. The van der Waals surface area contributed by atoms with E-state index in [2.05, 4.69) is 20.8 Å². The maximum absolute atomic E-state index is 6.17. The average Bonchev–Trinajstić information content (AvgIpc) is 2.14. The minimum absolute atomic E-state index is 0.00281. The Labute approximate surface area is 109 Å². The Morgan fingerprint density at radius 1 is 1.35 bits per heavy atom. The Bertz CT molecular complexity index is 394. The van der Waals surface area contributed by atoms with Crippen molar-refractivity contribution in [3.8, 4) is 5.75 Å². The van der Waals surface area contributed by atoms with Crippen molar-refractivity contribution in [2.24, 2.45) is 5.73 Å². The summed E-state index contributed by atoms with van der Waals surface area (Å²) in [6.45, 7) is 8.43. The van der Waals surface area contributed by atoms with Gasteiger partial charge in [-0.3, -0.25) is 0 Å². The summed E-state index contributed by atoms with van der Waals surface area (Å²) < 4.78 is 5.54. The van der Waals surface area contributed by atoms with Crippen LogP contribution < -0.4 is 10.5 Å². The molecular weight excluding hydrogens is 234 g/mol. The van der Waals surface area contributed by atoms with Crippen LogP contribution in [-0.2, 0) is 11.8 Å². The lowest BCUT2D eigenvalue weighted by atomic mass is 9.84. The van der Waals surface area contributed by atoms with Crippen molar-refractivity contribution in [3.05, 3.63) is 28.3 Å². The number of benzene rings is 1. The van der Waals surface area contributed by atoms with Gasteiger partial charge in [-0.2, -0.15) is 0 Å². The van der Waals surface area contributed by atoms with Crippen molar-refractivity contribution < 1.29 is 4.74 Å². The van der Waals surface area contributed by atoms with Crippen LogP contribution in [0.25, 0.3) is 0 Å². The highest BCUT2D eigenvalue weighted by atomic mass is 35.5. The van der Waals surface area contributed by atoms with E-state index in [1.165, 1.54) is 0 Å². The molecule has 0 aliphatic rings. The summed E-state index contributed by atoms with van der Waals surface area (Å²) >= 11 is 6.17. The number of nitrogens with two attached hydrogens (primary N) is 1. The van der Waals surface area contributed by atoms with Crippen LogP contribution in [0.3, 0.4) is 0 Å². The minimum Gasteiger partial charge on any atom is -0.496 e. The molecule has 0 bridgehead atoms. The topological polar surface area (TPSA) is 35.2 Å². The van der Waals surface area contributed by atoms with Crippen molar-refractivity contribution in [2.75, 3.05) is 7.11 Å². The van der Waals surface area contributed by atoms with E-state index in [0.717, 1.165) is 28.3 Å². The third-order valence-electron chi connectivity index (χ3n) is 2.68. The van der Waals surface area contributed by atoms with Crippen LogP contribution in [0.5, 0.6) is 5.75 Å². The van der Waals surface area contributed by atoms with Crippen LogP contribution in [0.4, 0.5) is 0 Å². The van der Waals surface area contributed by atoms with Gasteiger partial charge in [-0.25, -0.2) is 0 Å². The first-order valence-corrected chi connectivity index (χ1v) is 6.26. The van der Waals surface area contributed by atoms with E-state index in [4.69, 9.17) is 22.1 Å². The van der Waals surface area contributed by atoms with Crippen LogP contribution in [-0.4, -0.2) is 13.2 Å². The summed E-state index contributed by atoms with van der Waals surface area (Å²) in [5, 5.41) is 0.742. The first-order chi connectivity index (χ1) is 7.75. The van der Waals surface area contributed by atoms with Crippen LogP contribution in [0.1, 0.15) is 38.8 Å². The molecule has 2 N–H and O–H groups in total. The highest BCUT2D eigenvalue weighted by molar-refractivity contribution is 6.30. The molecule has 0 aliphatic carbocycles. The van der Waals surface area contributed by atoms with Gasteiger partial charge < -0.3 is 10.5 Å². The molecule has 96 valence electrons. The van der Waals surface area contributed by atoms with Crippen LogP contribution in [0.15, 0.2) is 12.1 Å².